The van der Waals surface area contributed by atoms with Crippen molar-refractivity contribution in [3.05, 3.63) is 15.6 Å². The lowest BCUT2D eigenvalue weighted by Crippen LogP contribution is -2.36. The lowest BCUT2D eigenvalue weighted by molar-refractivity contribution is -0.134. The summed E-state index contributed by atoms with van der Waals surface area (Å²) in [7, 11) is 1.82. The topological polar surface area (TPSA) is 53.5 Å². The van der Waals surface area contributed by atoms with Gasteiger partial charge in [-0.15, -0.1) is 11.3 Å². The van der Waals surface area contributed by atoms with Gasteiger partial charge in [-0.2, -0.15) is 0 Å². The number of thiazole rings is 1. The van der Waals surface area contributed by atoms with Gasteiger partial charge in [-0.3, -0.25) is 9.59 Å². The first-order chi connectivity index (χ1) is 10.9. The second-order valence-electron chi connectivity index (χ2n) is 6.30. The maximum atomic E-state index is 12.5. The highest BCUT2D eigenvalue weighted by molar-refractivity contribution is 7.11. The summed E-state index contributed by atoms with van der Waals surface area (Å²) >= 11 is 1.66. The van der Waals surface area contributed by atoms with Gasteiger partial charge in [-0.05, 0) is 33.6 Å². The van der Waals surface area contributed by atoms with Crippen molar-refractivity contribution in [2.24, 2.45) is 0 Å². The van der Waals surface area contributed by atoms with Crippen LogP contribution in [0.15, 0.2) is 0 Å². The molecule has 0 bridgehead atoms. The molecule has 1 aliphatic rings. The summed E-state index contributed by atoms with van der Waals surface area (Å²) in [6, 6.07) is -0.0349. The van der Waals surface area contributed by atoms with Crippen LogP contribution in [0.2, 0.25) is 0 Å². The molecule has 0 aromatic carbocycles. The summed E-state index contributed by atoms with van der Waals surface area (Å²) < 4.78 is 0. The summed E-state index contributed by atoms with van der Waals surface area (Å²) in [6.07, 6.45) is 4.13. The van der Waals surface area contributed by atoms with Crippen molar-refractivity contribution >= 4 is 23.2 Å². The van der Waals surface area contributed by atoms with Crippen LogP contribution in [0.3, 0.4) is 0 Å². The molecule has 0 aliphatic carbocycles. The van der Waals surface area contributed by atoms with Crippen LogP contribution in [0.5, 0.6) is 0 Å². The average Bonchev–Trinajstić information content (AvgIpc) is 2.72. The minimum atomic E-state index is -0.0349. The van der Waals surface area contributed by atoms with Crippen molar-refractivity contribution in [1.82, 2.24) is 14.8 Å². The molecular formula is C17H27N3O2S. The second-order valence-corrected chi connectivity index (χ2v) is 7.70. The number of nitrogens with zero attached hydrogens (tertiary/aromatic N) is 3. The van der Waals surface area contributed by atoms with Crippen molar-refractivity contribution in [1.29, 1.82) is 0 Å². The van der Waals surface area contributed by atoms with Gasteiger partial charge in [0.05, 0.1) is 16.7 Å². The molecule has 1 saturated heterocycles. The third-order valence-electron chi connectivity index (χ3n) is 4.58. The zero-order chi connectivity index (χ0) is 17.0. The number of carbonyl (C=O) groups is 2. The highest BCUT2D eigenvalue weighted by Crippen LogP contribution is 2.26. The molecule has 1 aromatic rings. The van der Waals surface area contributed by atoms with Gasteiger partial charge in [0.2, 0.25) is 11.8 Å². The SMILES string of the molecule is Cc1nc([C@H](C)N(C)C(=O)CCN2CCCCCC2=O)c(C)s1. The predicted octanol–water partition coefficient (Wildman–Crippen LogP) is 3.07. The molecule has 0 saturated carbocycles. The first-order valence-electron chi connectivity index (χ1n) is 8.37. The molecule has 5 nitrogen and oxygen atoms in total. The van der Waals surface area contributed by atoms with E-state index < -0.39 is 0 Å². The Bertz CT molecular complexity index is 570. The minimum absolute atomic E-state index is 0.0349. The fourth-order valence-electron chi connectivity index (χ4n) is 3.01. The Hall–Kier alpha value is -1.43. The van der Waals surface area contributed by atoms with Crippen LogP contribution in [-0.2, 0) is 9.59 Å². The van der Waals surface area contributed by atoms with E-state index in [1.54, 1.807) is 16.2 Å². The first kappa shape index (κ1) is 17.9. The molecule has 6 heteroatoms. The number of hydrogen-bond donors (Lipinski definition) is 0. The molecule has 0 radical (unpaired) electrons. The zero-order valence-electron chi connectivity index (χ0n) is 14.6. The molecule has 2 rings (SSSR count). The molecular weight excluding hydrogens is 310 g/mol. The fourth-order valence-corrected chi connectivity index (χ4v) is 3.92. The van der Waals surface area contributed by atoms with E-state index in [1.165, 1.54) is 0 Å². The summed E-state index contributed by atoms with van der Waals surface area (Å²) in [5, 5.41) is 1.03. The van der Waals surface area contributed by atoms with Crippen molar-refractivity contribution in [2.75, 3.05) is 20.1 Å². The van der Waals surface area contributed by atoms with Crippen LogP contribution in [0.1, 0.15) is 60.6 Å². The van der Waals surface area contributed by atoms with Gasteiger partial charge in [0.25, 0.3) is 0 Å². The van der Waals surface area contributed by atoms with E-state index in [9.17, 15) is 9.59 Å². The number of likely N-dealkylation sites (tertiary alicyclic amines) is 1. The highest BCUT2D eigenvalue weighted by Gasteiger charge is 2.23. The summed E-state index contributed by atoms with van der Waals surface area (Å²) in [5.74, 6) is 0.261. The van der Waals surface area contributed by atoms with E-state index in [0.717, 1.165) is 41.4 Å². The van der Waals surface area contributed by atoms with E-state index in [2.05, 4.69) is 4.98 Å². The van der Waals surface area contributed by atoms with Gasteiger partial charge in [-0.1, -0.05) is 6.42 Å². The number of aromatic nitrogens is 1. The largest absolute Gasteiger partial charge is 0.342 e. The third kappa shape index (κ3) is 4.53. The van der Waals surface area contributed by atoms with Crippen LogP contribution in [0, 0.1) is 13.8 Å². The number of carbonyl (C=O) groups excluding carboxylic acids is 2. The lowest BCUT2D eigenvalue weighted by atomic mass is 10.2. The van der Waals surface area contributed by atoms with E-state index in [4.69, 9.17) is 0 Å². The average molecular weight is 337 g/mol. The Labute approximate surface area is 142 Å². The molecule has 23 heavy (non-hydrogen) atoms. The van der Waals surface area contributed by atoms with Gasteiger partial charge in [-0.25, -0.2) is 4.98 Å². The molecule has 1 aromatic heterocycles. The zero-order valence-corrected chi connectivity index (χ0v) is 15.4. The summed E-state index contributed by atoms with van der Waals surface area (Å²) in [5.41, 5.74) is 0.981. The molecule has 1 atom stereocenters. The monoisotopic (exact) mass is 337 g/mol. The summed E-state index contributed by atoms with van der Waals surface area (Å²) in [6.45, 7) is 7.36. The highest BCUT2D eigenvalue weighted by atomic mass is 32.1. The Morgan fingerprint density at radius 2 is 2.09 bits per heavy atom. The van der Waals surface area contributed by atoms with Gasteiger partial charge in [0, 0.05) is 37.9 Å². The summed E-state index contributed by atoms with van der Waals surface area (Å²) in [4.78, 5) is 33.8. The maximum Gasteiger partial charge on any atom is 0.224 e. The number of rotatable bonds is 5. The number of aryl methyl sites for hydroxylation is 2. The van der Waals surface area contributed by atoms with Crippen molar-refractivity contribution in [3.63, 3.8) is 0 Å². The van der Waals surface area contributed by atoms with Crippen LogP contribution in [0.25, 0.3) is 0 Å². The third-order valence-corrected chi connectivity index (χ3v) is 5.48. The Balaban J connectivity index is 1.91. The van der Waals surface area contributed by atoms with Crippen LogP contribution < -0.4 is 0 Å². The van der Waals surface area contributed by atoms with Gasteiger partial charge in [0.1, 0.15) is 0 Å². The van der Waals surface area contributed by atoms with E-state index >= 15 is 0 Å². The Morgan fingerprint density at radius 1 is 1.35 bits per heavy atom. The van der Waals surface area contributed by atoms with Crippen molar-refractivity contribution < 1.29 is 9.59 Å². The molecule has 1 aliphatic heterocycles. The van der Waals surface area contributed by atoms with Gasteiger partial charge in [0.15, 0.2) is 0 Å². The molecule has 0 N–H and O–H groups in total. The minimum Gasteiger partial charge on any atom is -0.342 e. The first-order valence-corrected chi connectivity index (χ1v) is 9.19. The van der Waals surface area contributed by atoms with E-state index in [-0.39, 0.29) is 17.9 Å². The Kier molecular flexibility index (Phi) is 6.16. The molecule has 1 fully saturated rings. The smallest absolute Gasteiger partial charge is 0.224 e. The maximum absolute atomic E-state index is 12.5. The molecule has 2 heterocycles. The second kappa shape index (κ2) is 7.90. The normalized spacial score (nSPS) is 17.0. The Morgan fingerprint density at radius 3 is 2.74 bits per heavy atom. The standard InChI is InChI=1S/C17H27N3O2S/c1-12(17-13(2)23-14(3)18-17)19(4)15(21)9-11-20-10-7-5-6-8-16(20)22/h12H,5-11H2,1-4H3/t12-/m0/s1. The van der Waals surface area contributed by atoms with Gasteiger partial charge < -0.3 is 9.80 Å². The predicted molar refractivity (Wildman–Crippen MR) is 92.4 cm³/mol. The molecule has 0 spiro atoms. The number of hydrogen-bond acceptors (Lipinski definition) is 4. The van der Waals surface area contributed by atoms with E-state index in [1.807, 2.05) is 32.7 Å². The van der Waals surface area contributed by atoms with Crippen LogP contribution >= 0.6 is 11.3 Å². The quantitative estimate of drug-likeness (QED) is 0.830. The van der Waals surface area contributed by atoms with Crippen LogP contribution in [0.4, 0.5) is 0 Å². The molecule has 128 valence electrons. The molecule has 2 amide bonds. The lowest BCUT2D eigenvalue weighted by Gasteiger charge is -2.26. The van der Waals surface area contributed by atoms with Crippen molar-refractivity contribution in [2.45, 2.75) is 58.9 Å². The fraction of sp³-hybridized carbons (Fsp3) is 0.706. The van der Waals surface area contributed by atoms with E-state index in [0.29, 0.717) is 19.4 Å². The van der Waals surface area contributed by atoms with Crippen molar-refractivity contribution in [3.8, 4) is 0 Å². The molecule has 0 unspecified atom stereocenters. The number of amides is 2. The van der Waals surface area contributed by atoms with Gasteiger partial charge >= 0.3 is 0 Å². The van der Waals surface area contributed by atoms with Crippen LogP contribution in [-0.4, -0.2) is 46.7 Å².